The molecule has 1 fully saturated rings. The Kier molecular flexibility index (Phi) is 7.79. The van der Waals surface area contributed by atoms with Crippen molar-refractivity contribution in [1.82, 2.24) is 16.0 Å². The molecule has 0 aromatic heterocycles. The number of nitrogens with one attached hydrogen (secondary N) is 3. The first kappa shape index (κ1) is 20.4. The van der Waals surface area contributed by atoms with Crippen molar-refractivity contribution in [2.24, 2.45) is 11.5 Å². The van der Waals surface area contributed by atoms with Gasteiger partial charge in [-0.3, -0.25) is 19.2 Å². The first-order chi connectivity index (χ1) is 11.7. The summed E-state index contributed by atoms with van der Waals surface area (Å²) in [5.41, 5.74) is 10.0. The Labute approximate surface area is 143 Å². The zero-order valence-corrected chi connectivity index (χ0v) is 13.6. The van der Waals surface area contributed by atoms with E-state index in [0.717, 1.165) is 6.42 Å². The summed E-state index contributed by atoms with van der Waals surface area (Å²) in [6, 6.07) is -3.16. The maximum absolute atomic E-state index is 12.3. The summed E-state index contributed by atoms with van der Waals surface area (Å²) in [5.74, 6) is -4.25. The minimum atomic E-state index is -1.38. The van der Waals surface area contributed by atoms with Crippen molar-refractivity contribution in [1.29, 1.82) is 0 Å². The van der Waals surface area contributed by atoms with Crippen LogP contribution in [-0.4, -0.2) is 59.4 Å². The average Bonchev–Trinajstić information content (AvgIpc) is 3.03. The van der Waals surface area contributed by atoms with E-state index < -0.39 is 54.1 Å². The molecule has 1 aliphatic heterocycles. The van der Waals surface area contributed by atoms with Gasteiger partial charge in [-0.05, 0) is 25.8 Å². The largest absolute Gasteiger partial charge is 0.480 e. The Morgan fingerprint density at radius 1 is 1.08 bits per heavy atom. The van der Waals surface area contributed by atoms with Gasteiger partial charge >= 0.3 is 5.97 Å². The van der Waals surface area contributed by atoms with Crippen LogP contribution in [0.5, 0.6) is 0 Å². The lowest BCUT2D eigenvalue weighted by Gasteiger charge is -2.22. The quantitative estimate of drug-likeness (QED) is 0.239. The van der Waals surface area contributed by atoms with E-state index in [-0.39, 0.29) is 12.8 Å². The number of amides is 4. The zero-order chi connectivity index (χ0) is 19.0. The molecule has 4 amide bonds. The fourth-order valence-electron chi connectivity index (χ4n) is 2.41. The second-order valence-corrected chi connectivity index (χ2v) is 5.78. The van der Waals surface area contributed by atoms with Crippen molar-refractivity contribution in [2.45, 2.75) is 50.2 Å². The van der Waals surface area contributed by atoms with E-state index in [1.807, 2.05) is 0 Å². The second-order valence-electron chi connectivity index (χ2n) is 5.78. The van der Waals surface area contributed by atoms with Crippen molar-refractivity contribution in [3.63, 3.8) is 0 Å². The zero-order valence-electron chi connectivity index (χ0n) is 13.6. The van der Waals surface area contributed by atoms with Crippen LogP contribution in [-0.2, 0) is 24.0 Å². The van der Waals surface area contributed by atoms with E-state index in [1.54, 1.807) is 0 Å². The van der Waals surface area contributed by atoms with Crippen LogP contribution in [0, 0.1) is 0 Å². The van der Waals surface area contributed by atoms with E-state index in [2.05, 4.69) is 16.0 Å². The molecule has 0 bridgehead atoms. The molecule has 11 nitrogen and oxygen atoms in total. The predicted molar refractivity (Wildman–Crippen MR) is 84.8 cm³/mol. The summed E-state index contributed by atoms with van der Waals surface area (Å²) in [7, 11) is 0. The first-order valence-electron chi connectivity index (χ1n) is 7.84. The highest BCUT2D eigenvalue weighted by Crippen LogP contribution is 2.06. The molecule has 0 saturated carbocycles. The third-order valence-electron chi connectivity index (χ3n) is 3.71. The van der Waals surface area contributed by atoms with Crippen LogP contribution >= 0.6 is 0 Å². The molecule has 1 heterocycles. The van der Waals surface area contributed by atoms with Gasteiger partial charge in [0.25, 0.3) is 0 Å². The van der Waals surface area contributed by atoms with Gasteiger partial charge in [0.15, 0.2) is 0 Å². The summed E-state index contributed by atoms with van der Waals surface area (Å²) in [5, 5.41) is 16.6. The van der Waals surface area contributed by atoms with Crippen molar-refractivity contribution in [3.05, 3.63) is 0 Å². The normalized spacial score (nSPS) is 18.8. The molecule has 1 rings (SSSR count). The molecule has 1 saturated heterocycles. The van der Waals surface area contributed by atoms with Gasteiger partial charge in [-0.15, -0.1) is 0 Å². The van der Waals surface area contributed by atoms with Gasteiger partial charge in [0.2, 0.25) is 23.6 Å². The lowest BCUT2D eigenvalue weighted by molar-refractivity contribution is -0.142. The third-order valence-corrected chi connectivity index (χ3v) is 3.71. The van der Waals surface area contributed by atoms with Crippen LogP contribution in [0.25, 0.3) is 0 Å². The molecule has 140 valence electrons. The van der Waals surface area contributed by atoms with Crippen LogP contribution in [0.2, 0.25) is 0 Å². The monoisotopic (exact) mass is 357 g/mol. The molecule has 11 heteroatoms. The standard InChI is InChI=1S/C14H23N5O6/c15-10(20)4-3-8(14(24)25)18-13(23)9(6-11(16)21)19-12(22)7-2-1-5-17-7/h7-9,17H,1-6H2,(H2,15,20)(H2,16,21)(H,18,23)(H,19,22)(H,24,25)/t7-,8-,9-/m0/s1. The Hall–Kier alpha value is -2.69. The molecule has 0 radical (unpaired) electrons. The number of rotatable bonds is 10. The Morgan fingerprint density at radius 2 is 1.76 bits per heavy atom. The lowest BCUT2D eigenvalue weighted by atomic mass is 10.1. The maximum Gasteiger partial charge on any atom is 0.326 e. The van der Waals surface area contributed by atoms with Crippen molar-refractivity contribution in [3.8, 4) is 0 Å². The minimum Gasteiger partial charge on any atom is -0.480 e. The van der Waals surface area contributed by atoms with E-state index in [1.165, 1.54) is 0 Å². The second kappa shape index (κ2) is 9.57. The first-order valence-corrected chi connectivity index (χ1v) is 7.84. The number of primary amides is 2. The SMILES string of the molecule is NC(=O)CC[C@H](NC(=O)[C@H](CC(N)=O)NC(=O)[C@@H]1CCCN1)C(=O)O. The van der Waals surface area contributed by atoms with Crippen molar-refractivity contribution >= 4 is 29.6 Å². The van der Waals surface area contributed by atoms with Gasteiger partial charge in [0.1, 0.15) is 12.1 Å². The van der Waals surface area contributed by atoms with E-state index in [0.29, 0.717) is 13.0 Å². The number of carbonyl (C=O) groups is 5. The molecule has 0 spiro atoms. The van der Waals surface area contributed by atoms with Crippen LogP contribution < -0.4 is 27.4 Å². The number of hydrogen-bond acceptors (Lipinski definition) is 6. The van der Waals surface area contributed by atoms with Gasteiger partial charge in [0.05, 0.1) is 12.5 Å². The Morgan fingerprint density at radius 3 is 2.24 bits per heavy atom. The minimum absolute atomic E-state index is 0.210. The molecule has 1 aliphatic rings. The van der Waals surface area contributed by atoms with E-state index in [9.17, 15) is 24.0 Å². The average molecular weight is 357 g/mol. The number of hydrogen-bond donors (Lipinski definition) is 6. The summed E-state index contributed by atoms with van der Waals surface area (Å²) in [4.78, 5) is 57.4. The van der Waals surface area contributed by atoms with Crippen molar-refractivity contribution in [2.75, 3.05) is 6.54 Å². The number of carbonyl (C=O) groups excluding carboxylic acids is 4. The number of carboxylic acids is 1. The molecule has 25 heavy (non-hydrogen) atoms. The van der Waals surface area contributed by atoms with Gasteiger partial charge in [0, 0.05) is 6.42 Å². The van der Waals surface area contributed by atoms with Crippen LogP contribution in [0.15, 0.2) is 0 Å². The molecule has 0 aliphatic carbocycles. The fraction of sp³-hybridized carbons (Fsp3) is 0.643. The smallest absolute Gasteiger partial charge is 0.326 e. The lowest BCUT2D eigenvalue weighted by Crippen LogP contribution is -2.55. The van der Waals surface area contributed by atoms with Gasteiger partial charge < -0.3 is 32.5 Å². The molecule has 0 unspecified atom stereocenters. The highest BCUT2D eigenvalue weighted by molar-refractivity contribution is 5.94. The number of nitrogens with two attached hydrogens (primary N) is 2. The van der Waals surface area contributed by atoms with Gasteiger partial charge in [-0.2, -0.15) is 0 Å². The Bertz CT molecular complexity index is 546. The van der Waals surface area contributed by atoms with E-state index in [4.69, 9.17) is 16.6 Å². The molecule has 0 aromatic rings. The summed E-state index contributed by atoms with van der Waals surface area (Å²) >= 11 is 0. The summed E-state index contributed by atoms with van der Waals surface area (Å²) in [6.07, 6.45) is 0.465. The maximum atomic E-state index is 12.3. The topological polar surface area (TPSA) is 194 Å². The molecular weight excluding hydrogens is 334 g/mol. The van der Waals surface area contributed by atoms with Crippen LogP contribution in [0.3, 0.4) is 0 Å². The predicted octanol–water partition coefficient (Wildman–Crippen LogP) is -3.07. The van der Waals surface area contributed by atoms with Crippen LogP contribution in [0.1, 0.15) is 32.1 Å². The highest BCUT2D eigenvalue weighted by atomic mass is 16.4. The molecule has 0 aromatic carbocycles. The number of aliphatic carboxylic acids is 1. The molecule has 3 atom stereocenters. The fourth-order valence-corrected chi connectivity index (χ4v) is 2.41. The third kappa shape index (κ3) is 7.16. The van der Waals surface area contributed by atoms with Crippen molar-refractivity contribution < 1.29 is 29.1 Å². The number of carboxylic acid groups (broad SMARTS) is 1. The summed E-state index contributed by atoms with van der Waals surface area (Å²) in [6.45, 7) is 0.666. The molecular formula is C14H23N5O6. The van der Waals surface area contributed by atoms with E-state index >= 15 is 0 Å². The van der Waals surface area contributed by atoms with Gasteiger partial charge in [-0.25, -0.2) is 4.79 Å². The molecule has 8 N–H and O–H groups in total. The highest BCUT2D eigenvalue weighted by Gasteiger charge is 2.30. The Balaban J connectivity index is 2.72. The van der Waals surface area contributed by atoms with Gasteiger partial charge in [-0.1, -0.05) is 0 Å². The van der Waals surface area contributed by atoms with Crippen LogP contribution in [0.4, 0.5) is 0 Å². The summed E-state index contributed by atoms with van der Waals surface area (Å²) < 4.78 is 0.